The number of rotatable bonds is 15. The molecule has 0 aromatic carbocycles. The van der Waals surface area contributed by atoms with Crippen LogP contribution in [0.2, 0.25) is 0 Å². The molecule has 0 heterocycles. The highest BCUT2D eigenvalue weighted by Crippen LogP contribution is 2.49. The summed E-state index contributed by atoms with van der Waals surface area (Å²) in [5, 5.41) is 58.9. The largest absolute Gasteiger partial charge is 0.473 e. The summed E-state index contributed by atoms with van der Waals surface area (Å²) in [5.74, 6) is 0. The van der Waals surface area contributed by atoms with Crippen LogP contribution in [0, 0.1) is 0 Å². The van der Waals surface area contributed by atoms with Crippen LogP contribution in [0.3, 0.4) is 0 Å². The summed E-state index contributed by atoms with van der Waals surface area (Å²) < 4.78 is 28.4. The fraction of sp³-hybridized carbons (Fsp3) is 1.00. The van der Waals surface area contributed by atoms with Crippen molar-refractivity contribution in [3.8, 4) is 0 Å². The highest BCUT2D eigenvalue weighted by atomic mass is 31.2. The Labute approximate surface area is 183 Å². The van der Waals surface area contributed by atoms with Gasteiger partial charge in [-0.2, -0.15) is 0 Å². The van der Waals surface area contributed by atoms with Gasteiger partial charge in [0.15, 0.2) is 0 Å². The van der Waals surface area contributed by atoms with Gasteiger partial charge < -0.3 is 40.3 Å². The van der Waals surface area contributed by atoms with E-state index in [-0.39, 0.29) is 0 Å². The molecule has 186 valence electrons. The van der Waals surface area contributed by atoms with Gasteiger partial charge in [0, 0.05) is 6.61 Å². The molecule has 0 radical (unpaired) electrons. The summed E-state index contributed by atoms with van der Waals surface area (Å²) in [6, 6.07) is 0. The van der Waals surface area contributed by atoms with Crippen LogP contribution in [0.15, 0.2) is 0 Å². The lowest BCUT2D eigenvalue weighted by Gasteiger charge is -2.41. The van der Waals surface area contributed by atoms with Gasteiger partial charge in [0.1, 0.15) is 42.7 Å². The summed E-state index contributed by atoms with van der Waals surface area (Å²) in [4.78, 5) is 10.2. The minimum absolute atomic E-state index is 0.292. The Hall–Kier alpha value is -0.170. The topological polar surface area (TPSA) is 186 Å². The van der Waals surface area contributed by atoms with E-state index in [4.69, 9.17) is 13.8 Å². The predicted octanol–water partition coefficient (Wildman–Crippen LogP) is -0.177. The van der Waals surface area contributed by atoms with Crippen molar-refractivity contribution in [2.45, 2.75) is 108 Å². The minimum Gasteiger partial charge on any atom is -0.394 e. The average molecular weight is 474 g/mol. The van der Waals surface area contributed by atoms with Crippen molar-refractivity contribution in [1.82, 2.24) is 0 Å². The Morgan fingerprint density at radius 1 is 0.806 bits per heavy atom. The number of phosphoric ester groups is 1. The molecule has 1 aliphatic carbocycles. The van der Waals surface area contributed by atoms with E-state index in [9.17, 15) is 40.1 Å². The molecule has 0 aliphatic heterocycles. The Balaban J connectivity index is 2.87. The van der Waals surface area contributed by atoms with Crippen LogP contribution in [-0.4, -0.2) is 97.6 Å². The van der Waals surface area contributed by atoms with Gasteiger partial charge in [-0.1, -0.05) is 46.0 Å². The zero-order valence-electron chi connectivity index (χ0n) is 18.2. The number of phosphoric acid groups is 1. The van der Waals surface area contributed by atoms with Crippen molar-refractivity contribution in [1.29, 1.82) is 0 Å². The van der Waals surface area contributed by atoms with E-state index >= 15 is 0 Å². The first-order valence-electron chi connectivity index (χ1n) is 10.9. The molecule has 0 aromatic heterocycles. The second kappa shape index (κ2) is 14.2. The molecule has 0 bridgehead atoms. The monoisotopic (exact) mass is 474 g/mol. The van der Waals surface area contributed by atoms with Crippen LogP contribution < -0.4 is 0 Å². The third kappa shape index (κ3) is 8.94. The molecule has 1 rings (SSSR count). The first kappa shape index (κ1) is 28.9. The molecular formula is C19H39O11P. The van der Waals surface area contributed by atoms with E-state index in [1.54, 1.807) is 0 Å². The Kier molecular flexibility index (Phi) is 13.2. The van der Waals surface area contributed by atoms with Crippen molar-refractivity contribution in [2.24, 2.45) is 0 Å². The van der Waals surface area contributed by atoms with Gasteiger partial charge in [-0.3, -0.25) is 9.05 Å². The van der Waals surface area contributed by atoms with Crippen molar-refractivity contribution >= 4 is 7.82 Å². The van der Waals surface area contributed by atoms with Gasteiger partial charge >= 0.3 is 7.82 Å². The molecule has 11 nitrogen and oxygen atoms in total. The number of aliphatic hydroxyl groups excluding tert-OH is 6. The smallest absolute Gasteiger partial charge is 0.394 e. The zero-order valence-corrected chi connectivity index (χ0v) is 19.1. The Morgan fingerprint density at radius 2 is 1.32 bits per heavy atom. The van der Waals surface area contributed by atoms with E-state index in [2.05, 4.69) is 0 Å². The van der Waals surface area contributed by atoms with E-state index < -0.39 is 63.3 Å². The lowest BCUT2D eigenvalue weighted by atomic mass is 9.85. The zero-order chi connectivity index (χ0) is 23.6. The van der Waals surface area contributed by atoms with Crippen LogP contribution in [0.25, 0.3) is 0 Å². The molecule has 1 aliphatic rings. The van der Waals surface area contributed by atoms with E-state index in [1.807, 2.05) is 13.8 Å². The summed E-state index contributed by atoms with van der Waals surface area (Å²) >= 11 is 0. The maximum absolute atomic E-state index is 12.6. The Morgan fingerprint density at radius 3 is 1.84 bits per heavy atom. The molecule has 0 aromatic rings. The van der Waals surface area contributed by atoms with Gasteiger partial charge in [0.25, 0.3) is 0 Å². The number of unbranched alkanes of at least 4 members (excludes halogenated alkanes) is 4. The molecule has 7 atom stereocenters. The van der Waals surface area contributed by atoms with Gasteiger partial charge in [-0.05, 0) is 12.8 Å². The number of hydrogen-bond donors (Lipinski definition) is 7. The number of aliphatic hydroxyl groups is 6. The van der Waals surface area contributed by atoms with Crippen molar-refractivity contribution in [3.05, 3.63) is 0 Å². The lowest BCUT2D eigenvalue weighted by molar-refractivity contribution is -0.220. The third-order valence-corrected chi connectivity index (χ3v) is 6.41. The van der Waals surface area contributed by atoms with Gasteiger partial charge in [-0.15, -0.1) is 0 Å². The Bertz CT molecular complexity index is 521. The summed E-state index contributed by atoms with van der Waals surface area (Å²) in [5.41, 5.74) is 0. The van der Waals surface area contributed by atoms with Crippen molar-refractivity contribution in [3.63, 3.8) is 0 Å². The first-order valence-corrected chi connectivity index (χ1v) is 12.4. The first-order chi connectivity index (χ1) is 14.6. The number of ether oxygens (including phenoxy) is 1. The van der Waals surface area contributed by atoms with Gasteiger partial charge in [-0.25, -0.2) is 4.57 Å². The third-order valence-electron chi connectivity index (χ3n) is 5.36. The number of hydrogen-bond acceptors (Lipinski definition) is 10. The molecule has 1 saturated carbocycles. The molecule has 0 saturated heterocycles. The molecule has 6 unspecified atom stereocenters. The van der Waals surface area contributed by atoms with Crippen LogP contribution in [-0.2, 0) is 18.3 Å². The van der Waals surface area contributed by atoms with E-state index in [0.29, 0.717) is 19.4 Å². The molecular weight excluding hydrogens is 435 g/mol. The molecule has 0 spiro atoms. The summed E-state index contributed by atoms with van der Waals surface area (Å²) in [6.45, 7) is 3.89. The standard InChI is InChI=1S/C19H39O11P/c1-3-5-7-9-12(13(11-20)28-10-8-6-4-2)29-31(26,27)30-19-17(24)15(22)14(21)16(23)18(19)25/h12-25H,3-11H2,1-2H3,(H,26,27)/t12?,13-,14?,15?,16?,17?,18?,19?/m0/s1. The molecule has 0 amide bonds. The second-order valence-corrected chi connectivity index (χ2v) is 9.29. The van der Waals surface area contributed by atoms with Gasteiger partial charge in [0.05, 0.1) is 12.7 Å². The molecule has 12 heteroatoms. The molecule has 7 N–H and O–H groups in total. The fourth-order valence-corrected chi connectivity index (χ4v) is 4.63. The molecule has 1 fully saturated rings. The lowest BCUT2D eigenvalue weighted by Crippen LogP contribution is -2.64. The quantitative estimate of drug-likeness (QED) is 0.123. The highest BCUT2D eigenvalue weighted by Gasteiger charge is 2.51. The molecule has 31 heavy (non-hydrogen) atoms. The van der Waals surface area contributed by atoms with Crippen LogP contribution in [0.4, 0.5) is 0 Å². The average Bonchev–Trinajstić information content (AvgIpc) is 2.73. The summed E-state index contributed by atoms with van der Waals surface area (Å²) in [6.07, 6.45) is -8.08. The van der Waals surface area contributed by atoms with Crippen LogP contribution in [0.1, 0.15) is 58.8 Å². The fourth-order valence-electron chi connectivity index (χ4n) is 3.44. The van der Waals surface area contributed by atoms with Crippen molar-refractivity contribution in [2.75, 3.05) is 13.2 Å². The summed E-state index contributed by atoms with van der Waals surface area (Å²) in [7, 11) is -4.94. The van der Waals surface area contributed by atoms with Crippen LogP contribution in [0.5, 0.6) is 0 Å². The van der Waals surface area contributed by atoms with Crippen LogP contribution >= 0.6 is 7.82 Å². The normalized spacial score (nSPS) is 33.1. The van der Waals surface area contributed by atoms with E-state index in [1.165, 1.54) is 0 Å². The second-order valence-electron chi connectivity index (χ2n) is 7.93. The predicted molar refractivity (Wildman–Crippen MR) is 110 cm³/mol. The SMILES string of the molecule is CCCCCO[C@@H](CO)C(CCCCC)OP(=O)(O)OC1C(O)C(O)C(O)C(O)C1O. The minimum atomic E-state index is -4.94. The highest BCUT2D eigenvalue weighted by molar-refractivity contribution is 7.47. The van der Waals surface area contributed by atoms with Gasteiger partial charge in [0.2, 0.25) is 0 Å². The maximum atomic E-state index is 12.6. The maximum Gasteiger partial charge on any atom is 0.473 e. The van der Waals surface area contributed by atoms with E-state index in [0.717, 1.165) is 32.1 Å². The van der Waals surface area contributed by atoms with Crippen molar-refractivity contribution < 1.29 is 53.9 Å².